The molecular weight excluding hydrogens is 100 g/mol. The van der Waals surface area contributed by atoms with Crippen LogP contribution >= 0.6 is 0 Å². The van der Waals surface area contributed by atoms with Gasteiger partial charge in [0.2, 0.25) is 0 Å². The van der Waals surface area contributed by atoms with Crippen molar-refractivity contribution in [2.24, 2.45) is 0 Å². The second-order valence-corrected chi connectivity index (χ2v) is 1.67. The first-order chi connectivity index (χ1) is 3.80. The van der Waals surface area contributed by atoms with Crippen molar-refractivity contribution in [3.05, 3.63) is 28.8 Å². The Hall–Kier alpha value is -0.960. The molecular formula is C7H6O. The fourth-order valence-corrected chi connectivity index (χ4v) is 0.483. The van der Waals surface area contributed by atoms with E-state index in [4.69, 9.17) is 5.11 Å². The Morgan fingerprint density at radius 3 is 2.75 bits per heavy atom. The van der Waals surface area contributed by atoms with E-state index in [-0.39, 0.29) is 0 Å². The summed E-state index contributed by atoms with van der Waals surface area (Å²) < 4.78 is 0. The largest absolute Gasteiger partial charge is 0.388 e. The molecule has 1 aliphatic carbocycles. The van der Waals surface area contributed by atoms with Crippen molar-refractivity contribution in [1.82, 2.24) is 0 Å². The number of aliphatic hydroxyl groups is 1. The van der Waals surface area contributed by atoms with Gasteiger partial charge in [-0.3, -0.25) is 0 Å². The van der Waals surface area contributed by atoms with Crippen LogP contribution in [0, 0.1) is 0 Å². The van der Waals surface area contributed by atoms with E-state index in [1.54, 1.807) is 13.0 Å². The fraction of sp³-hybridized carbons (Fsp3) is 0.286. The van der Waals surface area contributed by atoms with Crippen LogP contribution in [0.2, 0.25) is 0 Å². The van der Waals surface area contributed by atoms with Gasteiger partial charge in [-0.05, 0) is 12.7 Å². The molecule has 1 aliphatic rings. The summed E-state index contributed by atoms with van der Waals surface area (Å²) in [5, 5.41) is 8.84. The van der Waals surface area contributed by atoms with Gasteiger partial charge in [-0.2, -0.15) is 0 Å². The van der Waals surface area contributed by atoms with Crippen LogP contribution in [0.25, 0.3) is 0 Å². The van der Waals surface area contributed by atoms with Crippen molar-refractivity contribution < 1.29 is 5.11 Å². The second-order valence-electron chi connectivity index (χ2n) is 1.67. The van der Waals surface area contributed by atoms with Crippen LogP contribution in [-0.2, 0) is 0 Å². The van der Waals surface area contributed by atoms with Gasteiger partial charge in [-0.15, -0.1) is 0 Å². The van der Waals surface area contributed by atoms with Crippen molar-refractivity contribution in [3.8, 4) is 0 Å². The molecule has 0 aromatic rings. The maximum absolute atomic E-state index is 8.84. The molecule has 1 N–H and O–H groups in total. The summed E-state index contributed by atoms with van der Waals surface area (Å²) in [6.45, 7) is 1.69. The molecule has 1 rings (SSSR count). The third kappa shape index (κ3) is 0.816. The Bertz CT molecular complexity index is 217. The molecule has 0 aromatic carbocycles. The minimum Gasteiger partial charge on any atom is -0.388 e. The molecule has 1 atom stereocenters. The zero-order valence-corrected chi connectivity index (χ0v) is 4.60. The highest BCUT2D eigenvalue weighted by Gasteiger charge is 1.99. The predicted octanol–water partition coefficient (Wildman–Crippen LogP) is 0.772. The van der Waals surface area contributed by atoms with Gasteiger partial charge in [-0.1, -0.05) is 11.5 Å². The predicted molar refractivity (Wildman–Crippen MR) is 30.3 cm³/mol. The number of hydrogen-bond acceptors (Lipinski definition) is 1. The van der Waals surface area contributed by atoms with Crippen LogP contribution in [0.15, 0.2) is 28.8 Å². The van der Waals surface area contributed by atoms with Gasteiger partial charge in [0.25, 0.3) is 0 Å². The second kappa shape index (κ2) is 1.88. The first kappa shape index (κ1) is 5.18. The van der Waals surface area contributed by atoms with Crippen LogP contribution in [0.1, 0.15) is 6.92 Å². The summed E-state index contributed by atoms with van der Waals surface area (Å²) in [4.78, 5) is 0. The fourth-order valence-electron chi connectivity index (χ4n) is 0.483. The molecule has 0 aliphatic heterocycles. The lowest BCUT2D eigenvalue weighted by Gasteiger charge is -1.95. The Morgan fingerprint density at radius 1 is 1.75 bits per heavy atom. The molecule has 1 nitrogen and oxygen atoms in total. The van der Waals surface area contributed by atoms with Crippen molar-refractivity contribution >= 4 is 0 Å². The Kier molecular flexibility index (Phi) is 1.22. The lowest BCUT2D eigenvalue weighted by Crippen LogP contribution is -1.99. The molecule has 1 heteroatoms. The standard InChI is InChI=1S/C7H6O/c1-6(8)7-4-2-3-5-7/h4,6,8H,1H3. The summed E-state index contributed by atoms with van der Waals surface area (Å²) >= 11 is 0. The van der Waals surface area contributed by atoms with Gasteiger partial charge >= 0.3 is 0 Å². The Balaban J connectivity index is 2.83. The van der Waals surface area contributed by atoms with E-state index < -0.39 is 6.10 Å². The SMILES string of the molecule is CC(O)C1=C=C=C=C1. The van der Waals surface area contributed by atoms with Gasteiger partial charge in [0.1, 0.15) is 0 Å². The van der Waals surface area contributed by atoms with Gasteiger partial charge in [0.05, 0.1) is 6.10 Å². The van der Waals surface area contributed by atoms with E-state index in [0.717, 1.165) is 5.57 Å². The maximum Gasteiger partial charge on any atom is 0.0846 e. The molecule has 0 heterocycles. The van der Waals surface area contributed by atoms with E-state index in [1.807, 2.05) is 0 Å². The van der Waals surface area contributed by atoms with Crippen LogP contribution in [0.3, 0.4) is 0 Å². The van der Waals surface area contributed by atoms with Crippen molar-refractivity contribution in [2.75, 3.05) is 0 Å². The van der Waals surface area contributed by atoms with E-state index in [0.29, 0.717) is 0 Å². The molecule has 1 unspecified atom stereocenters. The van der Waals surface area contributed by atoms with Gasteiger partial charge in [0, 0.05) is 11.6 Å². The van der Waals surface area contributed by atoms with Crippen LogP contribution < -0.4 is 0 Å². The average Bonchev–Trinajstić information content (AvgIpc) is 2.12. The summed E-state index contributed by atoms with van der Waals surface area (Å²) in [7, 11) is 0. The highest BCUT2D eigenvalue weighted by atomic mass is 16.3. The van der Waals surface area contributed by atoms with Crippen LogP contribution in [0.4, 0.5) is 0 Å². The Morgan fingerprint density at radius 2 is 2.50 bits per heavy atom. The van der Waals surface area contributed by atoms with Crippen molar-refractivity contribution in [3.63, 3.8) is 0 Å². The zero-order valence-electron chi connectivity index (χ0n) is 4.60. The normalized spacial score (nSPS) is 17.0. The lowest BCUT2D eigenvalue weighted by molar-refractivity contribution is 0.236. The smallest absolute Gasteiger partial charge is 0.0846 e. The molecule has 0 amide bonds. The molecule has 0 radical (unpaired) electrons. The van der Waals surface area contributed by atoms with E-state index in [1.165, 1.54) is 0 Å². The summed E-state index contributed by atoms with van der Waals surface area (Å²) in [5.41, 5.74) is 8.73. The monoisotopic (exact) mass is 106 g/mol. The average molecular weight is 106 g/mol. The molecule has 0 aromatic heterocycles. The van der Waals surface area contributed by atoms with Gasteiger partial charge < -0.3 is 5.11 Å². The Labute approximate surface area is 48.0 Å². The highest BCUT2D eigenvalue weighted by Crippen LogP contribution is 2.01. The lowest BCUT2D eigenvalue weighted by atomic mass is 10.2. The summed E-state index contributed by atoms with van der Waals surface area (Å²) in [6, 6.07) is 0. The molecule has 0 spiro atoms. The first-order valence-corrected chi connectivity index (χ1v) is 2.45. The van der Waals surface area contributed by atoms with E-state index in [2.05, 4.69) is 17.2 Å². The number of aliphatic hydroxyl groups excluding tert-OH is 1. The maximum atomic E-state index is 8.84. The van der Waals surface area contributed by atoms with Crippen molar-refractivity contribution in [2.45, 2.75) is 13.0 Å². The zero-order chi connectivity index (χ0) is 5.98. The van der Waals surface area contributed by atoms with Crippen LogP contribution in [-0.4, -0.2) is 11.2 Å². The van der Waals surface area contributed by atoms with Gasteiger partial charge in [0.15, 0.2) is 0 Å². The topological polar surface area (TPSA) is 20.2 Å². The molecule has 0 saturated carbocycles. The number of hydrogen-bond donors (Lipinski definition) is 1. The van der Waals surface area contributed by atoms with E-state index in [9.17, 15) is 0 Å². The summed E-state index contributed by atoms with van der Waals surface area (Å²) in [6.07, 6.45) is 1.24. The highest BCUT2D eigenvalue weighted by molar-refractivity contribution is 5.24. The first-order valence-electron chi connectivity index (χ1n) is 2.45. The molecule has 0 fully saturated rings. The third-order valence-corrected chi connectivity index (χ3v) is 0.957. The molecule has 0 bridgehead atoms. The number of rotatable bonds is 1. The van der Waals surface area contributed by atoms with Crippen LogP contribution in [0.5, 0.6) is 0 Å². The third-order valence-electron chi connectivity index (χ3n) is 0.957. The quantitative estimate of drug-likeness (QED) is 0.489. The molecule has 0 saturated heterocycles. The van der Waals surface area contributed by atoms with E-state index >= 15 is 0 Å². The molecule has 8 heavy (non-hydrogen) atoms. The van der Waals surface area contributed by atoms with Gasteiger partial charge in [-0.25, -0.2) is 0 Å². The summed E-state index contributed by atoms with van der Waals surface area (Å²) in [5.74, 6) is 0. The minimum absolute atomic E-state index is 0.433. The molecule has 40 valence electrons. The van der Waals surface area contributed by atoms with Crippen molar-refractivity contribution in [1.29, 1.82) is 0 Å². The minimum atomic E-state index is -0.433.